The third-order valence-corrected chi connectivity index (χ3v) is 11.6. The summed E-state index contributed by atoms with van der Waals surface area (Å²) < 4.78 is 6.78. The van der Waals surface area contributed by atoms with Gasteiger partial charge in [0.25, 0.3) is 5.91 Å². The summed E-state index contributed by atoms with van der Waals surface area (Å²) in [7, 11) is 0. The summed E-state index contributed by atoms with van der Waals surface area (Å²) in [5.74, 6) is 2.62. The normalized spacial score (nSPS) is 13.7. The number of amides is 2. The molecule has 3 N–H and O–H groups in total. The number of unbranched alkanes of at least 4 members (excludes halogenated alkanes) is 3. The Morgan fingerprint density at radius 3 is 2.51 bits per heavy atom. The Morgan fingerprint density at radius 2 is 1.75 bits per heavy atom. The number of rotatable bonds is 19. The number of nitrogens with one attached hydrogen (secondary N) is 3. The van der Waals surface area contributed by atoms with Crippen molar-refractivity contribution >= 4 is 79.2 Å². The number of carbonyl (C=O) groups excluding carboxylic acids is 2. The second kappa shape index (κ2) is 21.9. The molecule has 59 heavy (non-hydrogen) atoms. The highest BCUT2D eigenvalue weighted by molar-refractivity contribution is 9.10. The minimum Gasteiger partial charge on any atom is -0.494 e. The lowest BCUT2D eigenvalue weighted by Crippen LogP contribution is -2.47. The van der Waals surface area contributed by atoms with Gasteiger partial charge in [-0.1, -0.05) is 79.5 Å². The van der Waals surface area contributed by atoms with Gasteiger partial charge >= 0.3 is 0 Å². The van der Waals surface area contributed by atoms with Gasteiger partial charge in [0.1, 0.15) is 32.7 Å². The number of para-hydroxylation sites is 1. The van der Waals surface area contributed by atoms with E-state index < -0.39 is 0 Å². The highest BCUT2D eigenvalue weighted by atomic mass is 79.9. The van der Waals surface area contributed by atoms with Gasteiger partial charge in [-0.15, -0.1) is 0 Å². The van der Waals surface area contributed by atoms with Crippen LogP contribution in [0.25, 0.3) is 6.08 Å². The van der Waals surface area contributed by atoms with Crippen LogP contribution in [0.5, 0.6) is 5.75 Å². The lowest BCUT2D eigenvalue weighted by atomic mass is 10.0. The van der Waals surface area contributed by atoms with E-state index in [4.69, 9.17) is 21.3 Å². The number of nitrogens with zero attached hydrogens (tertiary/aromatic N) is 6. The SMILES string of the molecule is CCCC(NC(=O)/C=C/c1cccc(Br)n1)c1ccc(OCCCCCCN2CCN(c3cc(Nc4ncc(C(=O)Nc5c(C)cccc5Cl)s4)nc(C)n3)CC2)cc1. The number of anilines is 4. The van der Waals surface area contributed by atoms with Crippen molar-refractivity contribution in [3.63, 3.8) is 0 Å². The highest BCUT2D eigenvalue weighted by Gasteiger charge is 2.20. The first-order chi connectivity index (χ1) is 28.6. The molecule has 0 aliphatic carbocycles. The number of aromatic nitrogens is 4. The van der Waals surface area contributed by atoms with Crippen molar-refractivity contribution in [2.75, 3.05) is 54.9 Å². The largest absolute Gasteiger partial charge is 0.494 e. The zero-order valence-electron chi connectivity index (χ0n) is 33.7. The molecule has 0 saturated carbocycles. The van der Waals surface area contributed by atoms with Crippen LogP contribution < -0.4 is 25.6 Å². The first kappa shape index (κ1) is 43.7. The van der Waals surface area contributed by atoms with Crippen LogP contribution in [0, 0.1) is 13.8 Å². The van der Waals surface area contributed by atoms with Crippen molar-refractivity contribution in [3.8, 4) is 5.75 Å². The van der Waals surface area contributed by atoms with Gasteiger partial charge in [0.2, 0.25) is 5.91 Å². The van der Waals surface area contributed by atoms with Crippen molar-refractivity contribution in [2.24, 2.45) is 0 Å². The zero-order valence-corrected chi connectivity index (χ0v) is 36.9. The Labute approximate surface area is 364 Å². The number of piperazine rings is 1. The summed E-state index contributed by atoms with van der Waals surface area (Å²) in [6.45, 7) is 11.4. The maximum atomic E-state index is 12.9. The van der Waals surface area contributed by atoms with Crippen molar-refractivity contribution in [1.82, 2.24) is 30.2 Å². The third kappa shape index (κ3) is 13.3. The van der Waals surface area contributed by atoms with Crippen LogP contribution in [0.4, 0.5) is 22.5 Å². The number of halogens is 2. The summed E-state index contributed by atoms with van der Waals surface area (Å²) in [6, 6.07) is 21.1. The molecule has 5 aromatic rings. The van der Waals surface area contributed by atoms with Gasteiger partial charge in [-0.3, -0.25) is 14.5 Å². The van der Waals surface area contributed by atoms with Gasteiger partial charge in [-0.05, 0) is 103 Å². The average molecular weight is 901 g/mol. The summed E-state index contributed by atoms with van der Waals surface area (Å²) >= 11 is 10.9. The number of thiazole rings is 1. The van der Waals surface area contributed by atoms with Gasteiger partial charge in [-0.2, -0.15) is 0 Å². The van der Waals surface area contributed by atoms with E-state index in [9.17, 15) is 9.59 Å². The van der Waals surface area contributed by atoms with Crippen LogP contribution in [0.3, 0.4) is 0 Å². The molecule has 0 radical (unpaired) electrons. The predicted molar refractivity (Wildman–Crippen MR) is 242 cm³/mol. The van der Waals surface area contributed by atoms with Crippen LogP contribution in [0.2, 0.25) is 5.02 Å². The van der Waals surface area contributed by atoms with Gasteiger partial charge in [0.15, 0.2) is 5.13 Å². The molecule has 2 amide bonds. The van der Waals surface area contributed by atoms with E-state index in [1.165, 1.54) is 17.4 Å². The fourth-order valence-corrected chi connectivity index (χ4v) is 8.12. The molecule has 6 rings (SSSR count). The Hall–Kier alpha value is -4.89. The lowest BCUT2D eigenvalue weighted by molar-refractivity contribution is -0.117. The van der Waals surface area contributed by atoms with Crippen molar-refractivity contribution in [1.29, 1.82) is 0 Å². The molecule has 15 heteroatoms. The summed E-state index contributed by atoms with van der Waals surface area (Å²) in [6.07, 6.45) is 11.0. The number of aryl methyl sites for hydroxylation is 2. The van der Waals surface area contributed by atoms with E-state index in [0.717, 1.165) is 104 Å². The molecular weight excluding hydrogens is 850 g/mol. The second-order valence-electron chi connectivity index (χ2n) is 14.4. The number of benzene rings is 2. The molecule has 3 aromatic heterocycles. The van der Waals surface area contributed by atoms with E-state index in [1.807, 2.05) is 74.5 Å². The smallest absolute Gasteiger partial charge is 0.267 e. The van der Waals surface area contributed by atoms with Gasteiger partial charge in [0.05, 0.1) is 35.2 Å². The molecule has 2 aromatic carbocycles. The van der Waals surface area contributed by atoms with Crippen molar-refractivity contribution in [2.45, 2.75) is 65.3 Å². The Morgan fingerprint density at radius 1 is 0.966 bits per heavy atom. The fourth-order valence-electron chi connectivity index (χ4n) is 6.78. The summed E-state index contributed by atoms with van der Waals surface area (Å²) in [5, 5.41) is 10.4. The standard InChI is InChI=1S/C44H51BrClN9O3S/c1-4-11-36(51-41(56)21-18-33-13-10-15-38(45)50-33)32-16-19-34(20-17-32)58-27-8-6-5-7-22-54-23-25-55(26-24-54)40-28-39(48-31(3)49-40)52-44-47-29-37(59-44)43(57)53-42-30(2)12-9-14-35(42)46/h9-10,12-21,28-29,36H,4-8,11,22-27H2,1-3H3,(H,51,56)(H,53,57)(H,47,48,49,52)/b21-18+. The third-order valence-electron chi connectivity index (χ3n) is 9.90. The molecule has 1 fully saturated rings. The molecule has 1 unspecified atom stereocenters. The van der Waals surface area contributed by atoms with E-state index >= 15 is 0 Å². The molecule has 0 spiro atoms. The number of hydrogen-bond donors (Lipinski definition) is 3. The van der Waals surface area contributed by atoms with Gasteiger partial charge in [0, 0.05) is 38.3 Å². The van der Waals surface area contributed by atoms with E-state index in [1.54, 1.807) is 18.3 Å². The van der Waals surface area contributed by atoms with Gasteiger partial charge < -0.3 is 25.6 Å². The average Bonchev–Trinajstić information content (AvgIpc) is 3.70. The predicted octanol–water partition coefficient (Wildman–Crippen LogP) is 9.79. The van der Waals surface area contributed by atoms with E-state index in [0.29, 0.717) is 39.0 Å². The minimum atomic E-state index is -0.265. The molecule has 12 nitrogen and oxygen atoms in total. The maximum absolute atomic E-state index is 12.9. The first-order valence-electron chi connectivity index (χ1n) is 20.1. The molecule has 1 saturated heterocycles. The number of hydrogen-bond acceptors (Lipinski definition) is 11. The molecule has 1 aliphatic rings. The molecule has 1 aliphatic heterocycles. The Balaban J connectivity index is 0.865. The zero-order chi connectivity index (χ0) is 41.6. The van der Waals surface area contributed by atoms with Crippen LogP contribution in [-0.4, -0.2) is 76.0 Å². The number of carbonyl (C=O) groups is 2. The monoisotopic (exact) mass is 899 g/mol. The molecule has 1 atom stereocenters. The quantitative estimate of drug-likeness (QED) is 0.0417. The van der Waals surface area contributed by atoms with Crippen LogP contribution in [0.1, 0.15) is 83.8 Å². The van der Waals surface area contributed by atoms with E-state index in [2.05, 4.69) is 63.6 Å². The lowest BCUT2D eigenvalue weighted by Gasteiger charge is -2.35. The fraction of sp³-hybridized carbons (Fsp3) is 0.364. The highest BCUT2D eigenvalue weighted by Crippen LogP contribution is 2.29. The van der Waals surface area contributed by atoms with Crippen molar-refractivity contribution in [3.05, 3.63) is 116 Å². The Bertz CT molecular complexity index is 2170. The topological polar surface area (TPSA) is 138 Å². The van der Waals surface area contributed by atoms with Crippen molar-refractivity contribution < 1.29 is 14.3 Å². The molecule has 4 heterocycles. The van der Waals surface area contributed by atoms with Crippen LogP contribution >= 0.6 is 38.9 Å². The van der Waals surface area contributed by atoms with Crippen LogP contribution in [-0.2, 0) is 4.79 Å². The summed E-state index contributed by atoms with van der Waals surface area (Å²) in [5.41, 5.74) is 3.27. The summed E-state index contributed by atoms with van der Waals surface area (Å²) in [4.78, 5) is 48.9. The second-order valence-corrected chi connectivity index (χ2v) is 16.7. The first-order valence-corrected chi connectivity index (χ1v) is 22.1. The van der Waals surface area contributed by atoms with E-state index in [-0.39, 0.29) is 17.9 Å². The van der Waals surface area contributed by atoms with Gasteiger partial charge in [-0.25, -0.2) is 19.9 Å². The number of ether oxygens (including phenoxy) is 1. The maximum Gasteiger partial charge on any atom is 0.267 e. The molecule has 310 valence electrons. The van der Waals surface area contributed by atoms with Crippen LogP contribution in [0.15, 0.2) is 83.6 Å². The minimum absolute atomic E-state index is 0.0742. The Kier molecular flexibility index (Phi) is 16.2. The molecule has 0 bridgehead atoms. The number of pyridine rings is 1. The molecular formula is C44H51BrClN9O3S.